The Hall–Kier alpha value is -1.61. The summed E-state index contributed by atoms with van der Waals surface area (Å²) in [6, 6.07) is 38.6. The molecule has 0 bridgehead atoms. The molecule has 0 heterocycles. The number of hydrogen-bond acceptors (Lipinski definition) is 0. The van der Waals surface area contributed by atoms with Crippen molar-refractivity contribution in [2.75, 3.05) is 0 Å². The summed E-state index contributed by atoms with van der Waals surface area (Å²) in [5.41, 5.74) is 7.90. The molecule has 38 heavy (non-hydrogen) atoms. The van der Waals surface area contributed by atoms with Crippen LogP contribution >= 0.6 is 0 Å². The molecule has 0 nitrogen and oxygen atoms in total. The van der Waals surface area contributed by atoms with E-state index in [1.807, 2.05) is 0 Å². The third-order valence-electron chi connectivity index (χ3n) is 7.04. The number of halogens is 2. The van der Waals surface area contributed by atoms with Crippen LogP contribution in [-0.4, -0.2) is 16.1 Å². The van der Waals surface area contributed by atoms with E-state index < -0.39 is 16.1 Å². The second-order valence-electron chi connectivity index (χ2n) is 11.8. The fraction of sp³-hybridized carbons (Fsp3) is 0.182. The van der Waals surface area contributed by atoms with Gasteiger partial charge in [-0.05, 0) is 22.3 Å². The molecule has 5 rings (SSSR count). The van der Waals surface area contributed by atoms with Gasteiger partial charge in [-0.15, -0.1) is 34.5 Å². The van der Waals surface area contributed by atoms with E-state index in [1.165, 1.54) is 44.2 Å². The van der Waals surface area contributed by atoms with Gasteiger partial charge in [-0.3, -0.25) is 0 Å². The third-order valence-corrected chi connectivity index (χ3v) is 11.1. The molecule has 0 unspecified atom stereocenters. The van der Waals surface area contributed by atoms with Crippen molar-refractivity contribution < 1.29 is 51.0 Å². The van der Waals surface area contributed by atoms with Gasteiger partial charge < -0.3 is 24.8 Å². The zero-order chi connectivity index (χ0) is 24.8. The van der Waals surface area contributed by atoms with Crippen molar-refractivity contribution >= 4 is 37.3 Å². The van der Waals surface area contributed by atoms with E-state index in [1.54, 1.807) is 10.4 Å². The van der Waals surface area contributed by atoms with Crippen LogP contribution < -0.4 is 35.2 Å². The summed E-state index contributed by atoms with van der Waals surface area (Å²) < 4.78 is 0. The van der Waals surface area contributed by atoms with Crippen LogP contribution in [0.3, 0.4) is 0 Å². The first-order valence-corrected chi connectivity index (χ1v) is 19.6. The Bertz CT molecular complexity index is 1460. The molecule has 1 radical (unpaired) electrons. The molecule has 0 aliphatic rings. The summed E-state index contributed by atoms with van der Waals surface area (Å²) >= 11 is 0. The summed E-state index contributed by atoms with van der Waals surface area (Å²) in [7, 11) is -2.99. The second-order valence-corrected chi connectivity index (χ2v) is 21.9. The van der Waals surface area contributed by atoms with Crippen LogP contribution in [-0.2, 0) is 26.2 Å². The molecule has 193 valence electrons. The Balaban J connectivity index is 0.00000169. The number of fused-ring (bicyclic) bond motifs is 1. The fourth-order valence-corrected chi connectivity index (χ4v) is 7.38. The Labute approximate surface area is 262 Å². The maximum atomic E-state index is 2.53. The van der Waals surface area contributed by atoms with Crippen LogP contribution in [0.4, 0.5) is 0 Å². The molecule has 5 heteroatoms. The molecule has 0 spiro atoms. The minimum absolute atomic E-state index is 0. The van der Waals surface area contributed by atoms with Gasteiger partial charge in [-0.2, -0.15) is 0 Å². The van der Waals surface area contributed by atoms with Crippen molar-refractivity contribution in [3.05, 3.63) is 103 Å². The van der Waals surface area contributed by atoms with E-state index in [-0.39, 0.29) is 51.0 Å². The fourth-order valence-electron chi connectivity index (χ4n) is 4.89. The van der Waals surface area contributed by atoms with Gasteiger partial charge in [-0.25, -0.2) is 0 Å². The predicted molar refractivity (Wildman–Crippen MR) is 162 cm³/mol. The summed E-state index contributed by atoms with van der Waals surface area (Å²) in [6.45, 7) is 14.8. The van der Waals surface area contributed by atoms with Crippen molar-refractivity contribution in [3.63, 3.8) is 0 Å². The van der Waals surface area contributed by atoms with Gasteiger partial charge >= 0.3 is 26.2 Å². The largest absolute Gasteiger partial charge is 3.00 e. The first-order valence-electron chi connectivity index (χ1n) is 12.6. The molecular formula is C33H35Cl2Si2Zr. The van der Waals surface area contributed by atoms with Crippen molar-refractivity contribution in [2.45, 2.75) is 39.3 Å². The quantitative estimate of drug-likeness (QED) is 0.203. The van der Waals surface area contributed by atoms with Gasteiger partial charge in [0.25, 0.3) is 0 Å². The van der Waals surface area contributed by atoms with E-state index in [4.69, 9.17) is 0 Å². The average Bonchev–Trinajstić information content (AvgIpc) is 3.27. The van der Waals surface area contributed by atoms with Gasteiger partial charge in [-0.1, -0.05) is 140 Å². The van der Waals surface area contributed by atoms with Crippen molar-refractivity contribution in [2.24, 2.45) is 0 Å². The van der Waals surface area contributed by atoms with Crippen LogP contribution in [0.25, 0.3) is 44.2 Å². The second kappa shape index (κ2) is 12.7. The topological polar surface area (TPSA) is 0 Å². The minimum Gasteiger partial charge on any atom is -1.00 e. The maximum Gasteiger partial charge on any atom is 3.00 e. The molecule has 0 saturated heterocycles. The van der Waals surface area contributed by atoms with Crippen molar-refractivity contribution in [3.8, 4) is 33.4 Å². The Morgan fingerprint density at radius 1 is 0.526 bits per heavy atom. The molecular weight excluding hydrogens is 615 g/mol. The summed E-state index contributed by atoms with van der Waals surface area (Å²) in [5.74, 6) is 0. The summed E-state index contributed by atoms with van der Waals surface area (Å²) in [6.07, 6.45) is 0. The molecule has 5 aromatic carbocycles. The van der Waals surface area contributed by atoms with Crippen LogP contribution in [0, 0.1) is 0 Å². The van der Waals surface area contributed by atoms with Gasteiger partial charge in [0, 0.05) is 0 Å². The maximum absolute atomic E-state index is 2.53. The van der Waals surface area contributed by atoms with Crippen LogP contribution in [0.1, 0.15) is 0 Å². The Morgan fingerprint density at radius 2 is 1.03 bits per heavy atom. The number of rotatable bonds is 5. The van der Waals surface area contributed by atoms with Crippen molar-refractivity contribution in [1.29, 1.82) is 0 Å². The van der Waals surface area contributed by atoms with Crippen LogP contribution in [0.5, 0.6) is 0 Å². The van der Waals surface area contributed by atoms with Gasteiger partial charge in [0.05, 0.1) is 16.1 Å². The van der Waals surface area contributed by atoms with Crippen LogP contribution in [0.15, 0.2) is 103 Å². The standard InChI is InChI=1S/C33H35Si2.2ClH.Zr/c1-34(2,3)29-20-28(21-30(23-29)35(4,5)6)33-31(25-15-11-8-12-16-25)18-17-26-19-27(22-32(26)33)24-13-9-7-10-14-24;;;/h7-23H,1-6H3;2*1H;/q-1;;;+3/p-2. The monoisotopic (exact) mass is 647 g/mol. The molecule has 0 amide bonds. The molecule has 0 N–H and O–H groups in total. The molecule has 0 saturated carbocycles. The average molecular weight is 650 g/mol. The molecule has 0 atom stereocenters. The van der Waals surface area contributed by atoms with Gasteiger partial charge in [0.1, 0.15) is 0 Å². The van der Waals surface area contributed by atoms with Gasteiger partial charge in [0.15, 0.2) is 0 Å². The normalized spacial score (nSPS) is 11.3. The molecule has 0 fully saturated rings. The SMILES string of the molecule is C[Si](C)(C)c1cc(-c2c(-c3ccccc3)ccc3[cH-]c(-c4ccccc4)cc23)cc([Si](C)(C)C)c1.[Cl-].[Cl-].[Zr+3]. The zero-order valence-corrected chi connectivity index (χ0v) is 29.0. The Kier molecular flexibility index (Phi) is 10.9. The molecule has 0 aliphatic carbocycles. The summed E-state index contributed by atoms with van der Waals surface area (Å²) in [4.78, 5) is 0. The van der Waals surface area contributed by atoms with Crippen molar-refractivity contribution in [1.82, 2.24) is 0 Å². The van der Waals surface area contributed by atoms with E-state index >= 15 is 0 Å². The first kappa shape index (κ1) is 32.6. The smallest absolute Gasteiger partial charge is 1.00 e. The minimum atomic E-state index is -1.50. The van der Waals surface area contributed by atoms with E-state index in [0.29, 0.717) is 0 Å². The summed E-state index contributed by atoms with van der Waals surface area (Å²) in [5, 5.41) is 5.77. The molecule has 0 aliphatic heterocycles. The first-order chi connectivity index (χ1) is 16.6. The predicted octanol–water partition coefficient (Wildman–Crippen LogP) is 2.66. The third kappa shape index (κ3) is 6.74. The Morgan fingerprint density at radius 3 is 1.53 bits per heavy atom. The number of hydrogen-bond donors (Lipinski definition) is 0. The van der Waals surface area contributed by atoms with E-state index in [9.17, 15) is 0 Å². The zero-order valence-electron chi connectivity index (χ0n) is 23.1. The molecule has 5 aromatic rings. The van der Waals surface area contributed by atoms with Crippen LogP contribution in [0.2, 0.25) is 39.3 Å². The number of benzene rings is 4. The van der Waals surface area contributed by atoms with E-state index in [0.717, 1.165) is 0 Å². The van der Waals surface area contributed by atoms with Gasteiger partial charge in [0.2, 0.25) is 0 Å². The van der Waals surface area contributed by atoms with E-state index in [2.05, 4.69) is 142 Å². The molecule has 0 aromatic heterocycles.